The molecule has 4 heteroatoms. The number of hydrogen-bond acceptors (Lipinski definition) is 3. The third-order valence-corrected chi connectivity index (χ3v) is 7.09. The summed E-state index contributed by atoms with van der Waals surface area (Å²) in [7, 11) is -2.77. The molecule has 2 rings (SSSR count). The monoisotopic (exact) mass is 315 g/mol. The van der Waals surface area contributed by atoms with E-state index in [1.165, 1.54) is 44.9 Å². The minimum absolute atomic E-state index is 0.135. The molecule has 1 heterocycles. The lowest BCUT2D eigenvalue weighted by Gasteiger charge is -2.33. The molecule has 0 aromatic carbocycles. The van der Waals surface area contributed by atoms with Crippen molar-refractivity contribution in [1.29, 1.82) is 0 Å². The van der Waals surface area contributed by atoms with Gasteiger partial charge in [0.2, 0.25) is 0 Å². The number of nitrogens with one attached hydrogen (secondary N) is 1. The zero-order chi connectivity index (χ0) is 15.3. The third-order valence-electron chi connectivity index (χ3n) is 5.20. The summed E-state index contributed by atoms with van der Waals surface area (Å²) in [6.07, 6.45) is 11.5. The van der Waals surface area contributed by atoms with Crippen molar-refractivity contribution in [2.75, 3.05) is 18.1 Å². The molecule has 21 heavy (non-hydrogen) atoms. The van der Waals surface area contributed by atoms with E-state index < -0.39 is 9.84 Å². The highest BCUT2D eigenvalue weighted by Crippen LogP contribution is 2.30. The van der Waals surface area contributed by atoms with Crippen molar-refractivity contribution in [2.45, 2.75) is 77.2 Å². The van der Waals surface area contributed by atoms with Gasteiger partial charge in [0.05, 0.1) is 11.5 Å². The average Bonchev–Trinajstić information content (AvgIpc) is 2.63. The molecule has 0 aromatic rings. The molecule has 1 aliphatic heterocycles. The highest BCUT2D eigenvalue weighted by molar-refractivity contribution is 7.91. The number of hydrogen-bond donors (Lipinski definition) is 1. The third kappa shape index (κ3) is 6.27. The maximum absolute atomic E-state index is 11.7. The maximum atomic E-state index is 11.7. The Morgan fingerprint density at radius 3 is 2.19 bits per heavy atom. The van der Waals surface area contributed by atoms with Gasteiger partial charge >= 0.3 is 0 Å². The summed E-state index contributed by atoms with van der Waals surface area (Å²) in [5.41, 5.74) is 0.135. The van der Waals surface area contributed by atoms with Crippen LogP contribution >= 0.6 is 0 Å². The fraction of sp³-hybridized carbons (Fsp3) is 1.00. The Morgan fingerprint density at radius 1 is 0.952 bits per heavy atom. The van der Waals surface area contributed by atoms with Gasteiger partial charge in [-0.25, -0.2) is 8.42 Å². The molecule has 0 bridgehead atoms. The molecule has 1 saturated heterocycles. The summed E-state index contributed by atoms with van der Waals surface area (Å²) in [5, 5.41) is 3.67. The van der Waals surface area contributed by atoms with Gasteiger partial charge in [0.15, 0.2) is 9.84 Å². The average molecular weight is 316 g/mol. The Morgan fingerprint density at radius 2 is 1.57 bits per heavy atom. The van der Waals surface area contributed by atoms with E-state index in [4.69, 9.17) is 0 Å². The molecule has 0 unspecified atom stereocenters. The molecule has 0 aromatic heterocycles. The van der Waals surface area contributed by atoms with Crippen LogP contribution in [-0.4, -0.2) is 32.0 Å². The van der Waals surface area contributed by atoms with Crippen LogP contribution in [0.15, 0.2) is 0 Å². The predicted molar refractivity (Wildman–Crippen MR) is 89.3 cm³/mol. The molecule has 1 saturated carbocycles. The van der Waals surface area contributed by atoms with Gasteiger partial charge in [0.1, 0.15) is 0 Å². The van der Waals surface area contributed by atoms with Crippen LogP contribution in [0, 0.1) is 11.8 Å². The standard InChI is InChI=1S/C17H33NO2S/c1-17(2,12-15-8-5-3-4-6-9-15)18-13-16-10-7-11-21(19,20)14-16/h15-16,18H,3-14H2,1-2H3/t16-/m0/s1. The lowest BCUT2D eigenvalue weighted by molar-refractivity contribution is 0.263. The topological polar surface area (TPSA) is 46.2 Å². The van der Waals surface area contributed by atoms with Gasteiger partial charge in [-0.2, -0.15) is 0 Å². The Kier molecular flexibility index (Phi) is 6.13. The second-order valence-corrected chi connectivity index (χ2v) is 10.2. The van der Waals surface area contributed by atoms with Crippen molar-refractivity contribution >= 4 is 9.84 Å². The van der Waals surface area contributed by atoms with Crippen LogP contribution in [0.3, 0.4) is 0 Å². The van der Waals surface area contributed by atoms with Crippen LogP contribution in [0.25, 0.3) is 0 Å². The van der Waals surface area contributed by atoms with E-state index in [-0.39, 0.29) is 5.54 Å². The van der Waals surface area contributed by atoms with Gasteiger partial charge in [-0.15, -0.1) is 0 Å². The molecule has 1 atom stereocenters. The highest BCUT2D eigenvalue weighted by atomic mass is 32.2. The minimum Gasteiger partial charge on any atom is -0.311 e. The zero-order valence-corrected chi connectivity index (χ0v) is 14.7. The molecule has 3 nitrogen and oxygen atoms in total. The first-order chi connectivity index (χ1) is 9.86. The maximum Gasteiger partial charge on any atom is 0.150 e. The first-order valence-electron chi connectivity index (χ1n) is 8.82. The van der Waals surface area contributed by atoms with Gasteiger partial charge in [-0.1, -0.05) is 38.5 Å². The smallest absolute Gasteiger partial charge is 0.150 e. The molecule has 1 aliphatic carbocycles. The van der Waals surface area contributed by atoms with Crippen LogP contribution < -0.4 is 5.32 Å². The summed E-state index contributed by atoms with van der Waals surface area (Å²) in [5.74, 6) is 1.95. The molecule has 1 N–H and O–H groups in total. The highest BCUT2D eigenvalue weighted by Gasteiger charge is 2.28. The largest absolute Gasteiger partial charge is 0.311 e. The van der Waals surface area contributed by atoms with Crippen molar-refractivity contribution in [2.24, 2.45) is 11.8 Å². The first-order valence-corrected chi connectivity index (χ1v) is 10.6. The fourth-order valence-corrected chi connectivity index (χ4v) is 5.84. The van der Waals surface area contributed by atoms with E-state index in [0.717, 1.165) is 25.3 Å². The second kappa shape index (κ2) is 7.45. The number of sulfone groups is 1. The van der Waals surface area contributed by atoms with Crippen LogP contribution in [-0.2, 0) is 9.84 Å². The van der Waals surface area contributed by atoms with E-state index >= 15 is 0 Å². The van der Waals surface area contributed by atoms with Gasteiger partial charge in [-0.05, 0) is 51.5 Å². The summed E-state index contributed by atoms with van der Waals surface area (Å²) in [6.45, 7) is 5.43. The van der Waals surface area contributed by atoms with E-state index in [9.17, 15) is 8.42 Å². The molecule has 2 fully saturated rings. The minimum atomic E-state index is -2.77. The first kappa shape index (κ1) is 17.3. The predicted octanol–water partition coefficient (Wildman–Crippen LogP) is 3.54. The van der Waals surface area contributed by atoms with E-state index in [0.29, 0.717) is 17.4 Å². The second-order valence-electron chi connectivity index (χ2n) is 7.95. The van der Waals surface area contributed by atoms with Crippen LogP contribution in [0.1, 0.15) is 71.6 Å². The van der Waals surface area contributed by atoms with E-state index in [2.05, 4.69) is 19.2 Å². The Labute approximate surface area is 131 Å². The van der Waals surface area contributed by atoms with Gasteiger partial charge in [0, 0.05) is 5.54 Å². The lowest BCUT2D eigenvalue weighted by Crippen LogP contribution is -2.45. The number of rotatable bonds is 5. The van der Waals surface area contributed by atoms with Crippen LogP contribution in [0.4, 0.5) is 0 Å². The van der Waals surface area contributed by atoms with E-state index in [1.54, 1.807) is 0 Å². The van der Waals surface area contributed by atoms with Crippen molar-refractivity contribution < 1.29 is 8.42 Å². The summed E-state index contributed by atoms with van der Waals surface area (Å²) in [4.78, 5) is 0. The fourth-order valence-electron chi connectivity index (χ4n) is 4.06. The van der Waals surface area contributed by atoms with Gasteiger partial charge in [0.25, 0.3) is 0 Å². The zero-order valence-electron chi connectivity index (χ0n) is 13.9. The Bertz CT molecular complexity index is 409. The van der Waals surface area contributed by atoms with Crippen molar-refractivity contribution in [1.82, 2.24) is 5.32 Å². The van der Waals surface area contributed by atoms with Crippen LogP contribution in [0.5, 0.6) is 0 Å². The van der Waals surface area contributed by atoms with Crippen molar-refractivity contribution in [3.63, 3.8) is 0 Å². The van der Waals surface area contributed by atoms with Crippen LogP contribution in [0.2, 0.25) is 0 Å². The summed E-state index contributed by atoms with van der Waals surface area (Å²) < 4.78 is 23.4. The molecule has 2 aliphatic rings. The van der Waals surface area contributed by atoms with Crippen molar-refractivity contribution in [3.8, 4) is 0 Å². The van der Waals surface area contributed by atoms with Gasteiger partial charge in [-0.3, -0.25) is 0 Å². The molecular formula is C17H33NO2S. The Hall–Kier alpha value is -0.0900. The lowest BCUT2D eigenvalue weighted by atomic mass is 9.85. The van der Waals surface area contributed by atoms with E-state index in [1.807, 2.05) is 0 Å². The van der Waals surface area contributed by atoms with Crippen molar-refractivity contribution in [3.05, 3.63) is 0 Å². The molecular weight excluding hydrogens is 282 g/mol. The molecule has 0 radical (unpaired) electrons. The molecule has 0 spiro atoms. The quantitative estimate of drug-likeness (QED) is 0.789. The molecule has 0 amide bonds. The SMILES string of the molecule is CC(C)(CC1CCCCCC1)NC[C@@H]1CCCS(=O)(=O)C1. The summed E-state index contributed by atoms with van der Waals surface area (Å²) in [6, 6.07) is 0. The summed E-state index contributed by atoms with van der Waals surface area (Å²) >= 11 is 0. The van der Waals surface area contributed by atoms with Gasteiger partial charge < -0.3 is 5.32 Å². The Balaban J connectivity index is 1.77. The molecule has 124 valence electrons. The normalized spacial score (nSPS) is 28.2.